The lowest BCUT2D eigenvalue weighted by Crippen LogP contribution is -2.29. The van der Waals surface area contributed by atoms with E-state index in [0.717, 1.165) is 22.4 Å². The summed E-state index contributed by atoms with van der Waals surface area (Å²) in [5, 5.41) is 11.7. The van der Waals surface area contributed by atoms with Crippen LogP contribution in [0.5, 0.6) is 5.75 Å². The van der Waals surface area contributed by atoms with Gasteiger partial charge in [0.25, 0.3) is 11.7 Å². The molecule has 1 fully saturated rings. The fourth-order valence-corrected chi connectivity index (χ4v) is 4.82. The van der Waals surface area contributed by atoms with Gasteiger partial charge in [0.1, 0.15) is 11.5 Å². The monoisotopic (exact) mass is 526 g/mol. The number of aliphatic hydroxyl groups excluding tert-OH is 1. The predicted octanol–water partition coefficient (Wildman–Crippen LogP) is 6.77. The van der Waals surface area contributed by atoms with Gasteiger partial charge in [-0.2, -0.15) is 0 Å². The van der Waals surface area contributed by atoms with Crippen molar-refractivity contribution >= 4 is 28.8 Å². The number of aryl methyl sites for hydroxylation is 1. The third kappa shape index (κ3) is 5.56. The molecule has 6 nitrogen and oxygen atoms in total. The highest BCUT2D eigenvalue weighted by molar-refractivity contribution is 6.51. The molecule has 3 aromatic carbocycles. The topological polar surface area (TPSA) is 70.1 Å². The second-order valence-electron chi connectivity index (χ2n) is 11.6. The zero-order valence-electron chi connectivity index (χ0n) is 24.1. The Kier molecular flexibility index (Phi) is 7.60. The molecule has 1 heterocycles. The number of ketones is 1. The number of anilines is 2. The molecule has 1 aliphatic rings. The van der Waals surface area contributed by atoms with E-state index in [1.54, 1.807) is 24.3 Å². The van der Waals surface area contributed by atoms with Crippen LogP contribution in [0.25, 0.3) is 5.76 Å². The first-order chi connectivity index (χ1) is 18.3. The van der Waals surface area contributed by atoms with Crippen LogP contribution in [0.4, 0.5) is 11.4 Å². The molecule has 1 N–H and O–H groups in total. The average molecular weight is 527 g/mol. The van der Waals surface area contributed by atoms with Gasteiger partial charge < -0.3 is 14.7 Å². The summed E-state index contributed by atoms with van der Waals surface area (Å²) in [6.45, 7) is 12.1. The number of ether oxygens (including phenoxy) is 1. The number of rotatable bonds is 6. The summed E-state index contributed by atoms with van der Waals surface area (Å²) >= 11 is 0. The van der Waals surface area contributed by atoms with E-state index < -0.39 is 17.7 Å². The quantitative estimate of drug-likeness (QED) is 0.218. The molecular formula is C33H38N2O4. The SMILES string of the molecule is Cc1ccc(C(C)(C)C)cc1/C(O)=C1\C(=O)C(=O)N(c2ccc(OC(C)C)cc2)C1c1ccc(N(C)C)cc1. The minimum absolute atomic E-state index is 0.00684. The van der Waals surface area contributed by atoms with E-state index in [9.17, 15) is 14.7 Å². The van der Waals surface area contributed by atoms with Crippen LogP contribution >= 0.6 is 0 Å². The van der Waals surface area contributed by atoms with Crippen molar-refractivity contribution in [2.45, 2.75) is 59.1 Å². The Hall–Kier alpha value is -4.06. The number of hydrogen-bond donors (Lipinski definition) is 1. The van der Waals surface area contributed by atoms with Crippen LogP contribution in [0.2, 0.25) is 0 Å². The molecule has 1 unspecified atom stereocenters. The predicted molar refractivity (Wildman–Crippen MR) is 158 cm³/mol. The van der Waals surface area contributed by atoms with Gasteiger partial charge in [-0.1, -0.05) is 45.0 Å². The van der Waals surface area contributed by atoms with Crippen molar-refractivity contribution in [1.29, 1.82) is 0 Å². The molecule has 0 radical (unpaired) electrons. The molecule has 1 atom stereocenters. The maximum Gasteiger partial charge on any atom is 0.300 e. The summed E-state index contributed by atoms with van der Waals surface area (Å²) in [4.78, 5) is 30.7. The third-order valence-electron chi connectivity index (χ3n) is 7.02. The summed E-state index contributed by atoms with van der Waals surface area (Å²) in [5.41, 5.74) is 4.59. The molecule has 4 rings (SSSR count). The van der Waals surface area contributed by atoms with Crippen LogP contribution in [0.15, 0.2) is 72.3 Å². The molecule has 0 bridgehead atoms. The molecule has 1 aliphatic heterocycles. The summed E-state index contributed by atoms with van der Waals surface area (Å²) in [6, 6.07) is 19.9. The van der Waals surface area contributed by atoms with Crippen molar-refractivity contribution in [3.05, 3.63) is 94.6 Å². The number of Topliss-reactive ketones (excluding diaryl/α,β-unsaturated/α-hetero) is 1. The molecule has 39 heavy (non-hydrogen) atoms. The van der Waals surface area contributed by atoms with Crippen LogP contribution in [-0.4, -0.2) is 37.0 Å². The van der Waals surface area contributed by atoms with Gasteiger partial charge in [0.05, 0.1) is 17.7 Å². The zero-order valence-corrected chi connectivity index (χ0v) is 24.1. The molecule has 6 heteroatoms. The highest BCUT2D eigenvalue weighted by Crippen LogP contribution is 2.43. The van der Waals surface area contributed by atoms with Crippen LogP contribution in [0.1, 0.15) is 62.9 Å². The van der Waals surface area contributed by atoms with Gasteiger partial charge in [0.2, 0.25) is 0 Å². The molecule has 0 saturated carbocycles. The number of benzene rings is 3. The van der Waals surface area contributed by atoms with Crippen molar-refractivity contribution in [2.24, 2.45) is 0 Å². The lowest BCUT2D eigenvalue weighted by molar-refractivity contribution is -0.132. The lowest BCUT2D eigenvalue weighted by atomic mass is 9.84. The van der Waals surface area contributed by atoms with Gasteiger partial charge in [-0.05, 0) is 85.3 Å². The number of carbonyl (C=O) groups is 2. The van der Waals surface area contributed by atoms with Crippen LogP contribution in [0, 0.1) is 6.92 Å². The van der Waals surface area contributed by atoms with E-state index in [0.29, 0.717) is 17.0 Å². The van der Waals surface area contributed by atoms with Crippen molar-refractivity contribution in [3.63, 3.8) is 0 Å². The van der Waals surface area contributed by atoms with Gasteiger partial charge in [-0.3, -0.25) is 14.5 Å². The van der Waals surface area contributed by atoms with E-state index in [1.165, 1.54) is 4.90 Å². The first-order valence-corrected chi connectivity index (χ1v) is 13.3. The minimum Gasteiger partial charge on any atom is -0.507 e. The number of nitrogens with zero attached hydrogens (tertiary/aromatic N) is 2. The third-order valence-corrected chi connectivity index (χ3v) is 7.02. The molecule has 0 aliphatic carbocycles. The molecule has 0 aromatic heterocycles. The largest absolute Gasteiger partial charge is 0.507 e. The maximum atomic E-state index is 13.6. The fourth-order valence-electron chi connectivity index (χ4n) is 4.82. The minimum atomic E-state index is -0.796. The van der Waals surface area contributed by atoms with E-state index in [2.05, 4.69) is 20.8 Å². The normalized spacial score (nSPS) is 17.2. The zero-order chi connectivity index (χ0) is 28.6. The highest BCUT2D eigenvalue weighted by atomic mass is 16.5. The van der Waals surface area contributed by atoms with Crippen LogP contribution in [-0.2, 0) is 15.0 Å². The van der Waals surface area contributed by atoms with Crippen molar-refractivity contribution in [1.82, 2.24) is 0 Å². The summed E-state index contributed by atoms with van der Waals surface area (Å²) < 4.78 is 5.77. The van der Waals surface area contributed by atoms with Gasteiger partial charge in [0.15, 0.2) is 0 Å². The highest BCUT2D eigenvalue weighted by Gasteiger charge is 2.47. The first-order valence-electron chi connectivity index (χ1n) is 13.3. The van der Waals surface area contributed by atoms with Crippen LogP contribution in [0.3, 0.4) is 0 Å². The number of carbonyl (C=O) groups excluding carboxylic acids is 2. The molecular weight excluding hydrogens is 488 g/mol. The molecule has 3 aromatic rings. The lowest BCUT2D eigenvalue weighted by Gasteiger charge is -2.26. The van der Waals surface area contributed by atoms with Gasteiger partial charge in [-0.25, -0.2) is 0 Å². The van der Waals surface area contributed by atoms with E-state index in [4.69, 9.17) is 4.74 Å². The Labute approximate surface area is 231 Å². The van der Waals surface area contributed by atoms with Crippen LogP contribution < -0.4 is 14.5 Å². The Morgan fingerprint density at radius 3 is 2.10 bits per heavy atom. The second kappa shape index (κ2) is 10.6. The van der Waals surface area contributed by atoms with Gasteiger partial charge >= 0.3 is 0 Å². The van der Waals surface area contributed by atoms with Crippen molar-refractivity contribution in [3.8, 4) is 5.75 Å². The van der Waals surface area contributed by atoms with Gasteiger partial charge in [-0.15, -0.1) is 0 Å². The Bertz CT molecular complexity index is 1410. The van der Waals surface area contributed by atoms with E-state index >= 15 is 0 Å². The van der Waals surface area contributed by atoms with Crippen molar-refractivity contribution in [2.75, 3.05) is 23.9 Å². The second-order valence-corrected chi connectivity index (χ2v) is 11.6. The summed E-state index contributed by atoms with van der Waals surface area (Å²) in [7, 11) is 3.90. The average Bonchev–Trinajstić information content (AvgIpc) is 3.13. The van der Waals surface area contributed by atoms with Gasteiger partial charge in [0, 0.05) is 31.0 Å². The molecule has 1 amide bonds. The summed E-state index contributed by atoms with van der Waals surface area (Å²) in [6.07, 6.45) is 0.00684. The fraction of sp³-hybridized carbons (Fsp3) is 0.333. The number of aliphatic hydroxyl groups is 1. The summed E-state index contributed by atoms with van der Waals surface area (Å²) in [5.74, 6) is -0.884. The van der Waals surface area contributed by atoms with E-state index in [1.807, 2.05) is 82.2 Å². The Morgan fingerprint density at radius 1 is 0.949 bits per heavy atom. The van der Waals surface area contributed by atoms with E-state index in [-0.39, 0.29) is 22.9 Å². The number of hydrogen-bond acceptors (Lipinski definition) is 5. The molecule has 1 saturated heterocycles. The number of amides is 1. The molecule has 204 valence electrons. The Balaban J connectivity index is 1.92. The standard InChI is InChI=1S/C33H38N2O4/c1-20(2)39-26-17-15-25(16-18-26)35-29(22-10-13-24(14-11-22)34(7)8)28(31(37)32(35)38)30(36)27-19-23(33(4,5)6)12-9-21(27)3/h9-20,29,36H,1-8H3/b30-28+. The van der Waals surface area contributed by atoms with Crippen molar-refractivity contribution < 1.29 is 19.4 Å². The smallest absolute Gasteiger partial charge is 0.300 e. The molecule has 0 spiro atoms. The maximum absolute atomic E-state index is 13.6. The Morgan fingerprint density at radius 2 is 1.56 bits per heavy atom. The first kappa shape index (κ1) is 28.0.